The number of hydrogen-bond acceptors (Lipinski definition) is 5. The first-order chi connectivity index (χ1) is 9.09. The van der Waals surface area contributed by atoms with Gasteiger partial charge in [0.15, 0.2) is 0 Å². The Morgan fingerprint density at radius 2 is 2.21 bits per heavy atom. The Hall–Kier alpha value is -1.08. The summed E-state index contributed by atoms with van der Waals surface area (Å²) in [6.45, 7) is 1.79. The van der Waals surface area contributed by atoms with Crippen LogP contribution in [0.25, 0.3) is 0 Å². The second kappa shape index (κ2) is 4.79. The van der Waals surface area contributed by atoms with E-state index in [0.717, 1.165) is 12.8 Å². The van der Waals surface area contributed by atoms with Crippen molar-refractivity contribution in [3.8, 4) is 0 Å². The van der Waals surface area contributed by atoms with E-state index in [1.807, 2.05) is 0 Å². The van der Waals surface area contributed by atoms with E-state index in [-0.39, 0.29) is 11.3 Å². The first-order valence-electron chi connectivity index (χ1n) is 6.16. The molecule has 3 rings (SSSR count). The molecular formula is C12H14N2O3S2. The molecule has 1 aromatic heterocycles. The quantitative estimate of drug-likeness (QED) is 0.922. The number of carboxylic acids is 1. The van der Waals surface area contributed by atoms with Gasteiger partial charge in [-0.3, -0.25) is 4.79 Å². The number of rotatable bonds is 3. The van der Waals surface area contributed by atoms with Crippen LogP contribution in [0.15, 0.2) is 5.51 Å². The van der Waals surface area contributed by atoms with Gasteiger partial charge in [-0.15, -0.1) is 23.1 Å². The standard InChI is InChI=1S/C12H14N2O3S2/c1-6-9(19-5-13-6)10(15)14-8(12(16)17)4-18-11(14)7-2-3-7/h5,7-8,11H,2-4H2,1H3,(H,16,17). The monoisotopic (exact) mass is 298 g/mol. The number of thiazole rings is 1. The molecule has 102 valence electrons. The van der Waals surface area contributed by atoms with Crippen LogP contribution in [0.1, 0.15) is 28.2 Å². The Bertz CT molecular complexity index is 527. The van der Waals surface area contributed by atoms with Gasteiger partial charge >= 0.3 is 5.97 Å². The molecule has 0 bridgehead atoms. The van der Waals surface area contributed by atoms with E-state index < -0.39 is 12.0 Å². The van der Waals surface area contributed by atoms with Crippen LogP contribution in [0.4, 0.5) is 0 Å². The van der Waals surface area contributed by atoms with Crippen LogP contribution in [-0.4, -0.2) is 44.0 Å². The minimum Gasteiger partial charge on any atom is -0.480 e. The van der Waals surface area contributed by atoms with Crippen molar-refractivity contribution in [2.24, 2.45) is 5.92 Å². The van der Waals surface area contributed by atoms with E-state index in [9.17, 15) is 14.7 Å². The number of aryl methyl sites for hydroxylation is 1. The van der Waals surface area contributed by atoms with E-state index in [4.69, 9.17) is 0 Å². The zero-order chi connectivity index (χ0) is 13.6. The van der Waals surface area contributed by atoms with E-state index in [0.29, 0.717) is 22.2 Å². The van der Waals surface area contributed by atoms with Crippen LogP contribution in [-0.2, 0) is 4.79 Å². The number of amides is 1. The maximum atomic E-state index is 12.6. The van der Waals surface area contributed by atoms with Gasteiger partial charge in [0, 0.05) is 5.75 Å². The number of aromatic nitrogens is 1. The summed E-state index contributed by atoms with van der Waals surface area (Å²) in [7, 11) is 0. The third kappa shape index (κ3) is 2.25. The summed E-state index contributed by atoms with van der Waals surface area (Å²) in [5.41, 5.74) is 2.32. The number of carbonyl (C=O) groups is 2. The minimum atomic E-state index is -0.911. The third-order valence-electron chi connectivity index (χ3n) is 3.52. The lowest BCUT2D eigenvalue weighted by Gasteiger charge is -2.27. The van der Waals surface area contributed by atoms with Gasteiger partial charge in [0.1, 0.15) is 10.9 Å². The zero-order valence-corrected chi connectivity index (χ0v) is 12.0. The molecule has 2 atom stereocenters. The Balaban J connectivity index is 1.91. The maximum absolute atomic E-state index is 12.6. The highest BCUT2D eigenvalue weighted by atomic mass is 32.2. The van der Waals surface area contributed by atoms with Crippen molar-refractivity contribution in [2.75, 3.05) is 5.75 Å². The Kier molecular flexibility index (Phi) is 3.26. The van der Waals surface area contributed by atoms with E-state index in [2.05, 4.69) is 4.98 Å². The Morgan fingerprint density at radius 3 is 2.74 bits per heavy atom. The van der Waals surface area contributed by atoms with Crippen LogP contribution in [0.2, 0.25) is 0 Å². The topological polar surface area (TPSA) is 70.5 Å². The molecule has 1 amide bonds. The van der Waals surface area contributed by atoms with Crippen molar-refractivity contribution >= 4 is 35.0 Å². The van der Waals surface area contributed by atoms with Gasteiger partial charge < -0.3 is 10.0 Å². The van der Waals surface area contributed by atoms with Gasteiger partial charge in [-0.25, -0.2) is 9.78 Å². The highest BCUT2D eigenvalue weighted by Crippen LogP contribution is 2.46. The summed E-state index contributed by atoms with van der Waals surface area (Å²) in [6, 6.07) is -0.704. The molecule has 1 aromatic rings. The first kappa shape index (κ1) is 12.9. The SMILES string of the molecule is Cc1ncsc1C(=O)N1C(C(=O)O)CSC1C1CC1. The molecule has 2 unspecified atom stereocenters. The van der Waals surface area contributed by atoms with Crippen molar-refractivity contribution in [2.45, 2.75) is 31.2 Å². The number of carbonyl (C=O) groups excluding carboxylic acids is 1. The lowest BCUT2D eigenvalue weighted by atomic mass is 10.2. The number of nitrogens with zero attached hydrogens (tertiary/aromatic N) is 2. The molecule has 5 nitrogen and oxygen atoms in total. The summed E-state index contributed by atoms with van der Waals surface area (Å²) < 4.78 is 0. The molecule has 1 aliphatic carbocycles. The largest absolute Gasteiger partial charge is 0.480 e. The molecule has 2 fully saturated rings. The van der Waals surface area contributed by atoms with Gasteiger partial charge in [-0.05, 0) is 25.7 Å². The Morgan fingerprint density at radius 1 is 1.47 bits per heavy atom. The molecule has 0 spiro atoms. The number of carboxylic acid groups (broad SMARTS) is 1. The minimum absolute atomic E-state index is 0.0232. The molecule has 7 heteroatoms. The highest BCUT2D eigenvalue weighted by molar-refractivity contribution is 8.00. The highest BCUT2D eigenvalue weighted by Gasteiger charge is 2.48. The number of aliphatic carboxylic acids is 1. The molecule has 1 aliphatic heterocycles. The number of hydrogen-bond donors (Lipinski definition) is 1. The van der Waals surface area contributed by atoms with Crippen LogP contribution in [0, 0.1) is 12.8 Å². The van der Waals surface area contributed by atoms with Gasteiger partial charge in [-0.1, -0.05) is 0 Å². The van der Waals surface area contributed by atoms with Crippen molar-refractivity contribution in [3.05, 3.63) is 16.1 Å². The van der Waals surface area contributed by atoms with Crippen LogP contribution < -0.4 is 0 Å². The van der Waals surface area contributed by atoms with Gasteiger partial charge in [-0.2, -0.15) is 0 Å². The van der Waals surface area contributed by atoms with E-state index >= 15 is 0 Å². The number of thioether (sulfide) groups is 1. The second-order valence-corrected chi connectivity index (χ2v) is 6.90. The lowest BCUT2D eigenvalue weighted by Crippen LogP contribution is -2.46. The predicted molar refractivity (Wildman–Crippen MR) is 73.4 cm³/mol. The van der Waals surface area contributed by atoms with Crippen LogP contribution in [0.3, 0.4) is 0 Å². The molecule has 19 heavy (non-hydrogen) atoms. The van der Waals surface area contributed by atoms with Crippen molar-refractivity contribution in [1.29, 1.82) is 0 Å². The second-order valence-electron chi connectivity index (χ2n) is 4.89. The van der Waals surface area contributed by atoms with Crippen molar-refractivity contribution in [3.63, 3.8) is 0 Å². The lowest BCUT2D eigenvalue weighted by molar-refractivity contribution is -0.141. The molecule has 1 saturated heterocycles. The molecule has 0 aromatic carbocycles. The average Bonchev–Trinajstić information content (AvgIpc) is 2.97. The molecule has 2 aliphatic rings. The van der Waals surface area contributed by atoms with Gasteiger partial charge in [0.25, 0.3) is 5.91 Å². The fourth-order valence-electron chi connectivity index (χ4n) is 2.34. The molecular weight excluding hydrogens is 284 g/mol. The predicted octanol–water partition coefficient (Wildman–Crippen LogP) is 1.83. The van der Waals surface area contributed by atoms with Crippen LogP contribution in [0.5, 0.6) is 0 Å². The summed E-state index contributed by atoms with van der Waals surface area (Å²) in [5, 5.41) is 9.32. The zero-order valence-electron chi connectivity index (χ0n) is 10.4. The van der Waals surface area contributed by atoms with E-state index in [1.54, 1.807) is 29.1 Å². The van der Waals surface area contributed by atoms with Crippen LogP contribution >= 0.6 is 23.1 Å². The third-order valence-corrected chi connectivity index (χ3v) is 5.90. The summed E-state index contributed by atoms with van der Waals surface area (Å²) in [6.07, 6.45) is 2.19. The molecule has 1 N–H and O–H groups in total. The molecule has 0 radical (unpaired) electrons. The average molecular weight is 298 g/mol. The maximum Gasteiger partial charge on any atom is 0.327 e. The van der Waals surface area contributed by atoms with Gasteiger partial charge in [0.2, 0.25) is 0 Å². The van der Waals surface area contributed by atoms with Crippen molar-refractivity contribution < 1.29 is 14.7 Å². The van der Waals surface area contributed by atoms with Gasteiger partial charge in [0.05, 0.1) is 16.6 Å². The fourth-order valence-corrected chi connectivity index (χ4v) is 4.72. The molecule has 1 saturated carbocycles. The fraction of sp³-hybridized carbons (Fsp3) is 0.583. The van der Waals surface area contributed by atoms with Crippen molar-refractivity contribution in [1.82, 2.24) is 9.88 Å². The smallest absolute Gasteiger partial charge is 0.327 e. The Labute approximate surface area is 119 Å². The van der Waals surface area contributed by atoms with E-state index in [1.165, 1.54) is 11.3 Å². The first-order valence-corrected chi connectivity index (χ1v) is 8.09. The summed E-state index contributed by atoms with van der Waals surface area (Å²) in [4.78, 5) is 30.2. The summed E-state index contributed by atoms with van der Waals surface area (Å²) in [5.74, 6) is -0.132. The molecule has 2 heterocycles. The summed E-state index contributed by atoms with van der Waals surface area (Å²) >= 11 is 2.89. The normalized spacial score (nSPS) is 26.7.